The minimum absolute atomic E-state index is 0.0552. The molecule has 2 aromatic rings. The number of nitrogens with one attached hydrogen (secondary N) is 1. The SMILES string of the molecule is CCNC(Cc1ccc(F)c(F)c1)c1ncccc1Br. The van der Waals surface area contributed by atoms with E-state index in [0.717, 1.165) is 28.3 Å². The highest BCUT2D eigenvalue weighted by molar-refractivity contribution is 9.10. The standard InChI is InChI=1S/C15H15BrF2N2/c1-2-19-14(15-11(16)4-3-7-20-15)9-10-5-6-12(17)13(18)8-10/h3-8,14,19H,2,9H2,1H3. The Labute approximate surface area is 125 Å². The van der Waals surface area contributed by atoms with Gasteiger partial charge in [0, 0.05) is 10.7 Å². The van der Waals surface area contributed by atoms with Crippen LogP contribution in [0.15, 0.2) is 41.0 Å². The lowest BCUT2D eigenvalue weighted by molar-refractivity contribution is 0.500. The average molecular weight is 341 g/mol. The van der Waals surface area contributed by atoms with Crippen LogP contribution < -0.4 is 5.32 Å². The van der Waals surface area contributed by atoms with E-state index in [4.69, 9.17) is 0 Å². The van der Waals surface area contributed by atoms with Gasteiger partial charge in [-0.15, -0.1) is 0 Å². The molecule has 0 saturated heterocycles. The van der Waals surface area contributed by atoms with E-state index in [2.05, 4.69) is 26.2 Å². The topological polar surface area (TPSA) is 24.9 Å². The lowest BCUT2D eigenvalue weighted by atomic mass is 10.0. The third-order valence-electron chi connectivity index (χ3n) is 2.99. The number of hydrogen-bond acceptors (Lipinski definition) is 2. The monoisotopic (exact) mass is 340 g/mol. The van der Waals surface area contributed by atoms with Gasteiger partial charge in [0.05, 0.1) is 11.7 Å². The first-order valence-corrected chi connectivity index (χ1v) is 7.18. The first-order chi connectivity index (χ1) is 9.61. The molecule has 2 rings (SSSR count). The van der Waals surface area contributed by atoms with Gasteiger partial charge in [-0.1, -0.05) is 13.0 Å². The van der Waals surface area contributed by atoms with E-state index in [1.807, 2.05) is 19.1 Å². The zero-order valence-electron chi connectivity index (χ0n) is 11.0. The van der Waals surface area contributed by atoms with Crippen molar-refractivity contribution >= 4 is 15.9 Å². The molecule has 1 aromatic carbocycles. The summed E-state index contributed by atoms with van der Waals surface area (Å²) in [5, 5.41) is 3.31. The number of aromatic nitrogens is 1. The molecule has 20 heavy (non-hydrogen) atoms. The van der Waals surface area contributed by atoms with Crippen molar-refractivity contribution in [3.63, 3.8) is 0 Å². The van der Waals surface area contributed by atoms with Gasteiger partial charge in [-0.3, -0.25) is 4.98 Å². The van der Waals surface area contributed by atoms with Gasteiger partial charge < -0.3 is 5.32 Å². The summed E-state index contributed by atoms with van der Waals surface area (Å²) in [5.74, 6) is -1.65. The quantitative estimate of drug-likeness (QED) is 0.889. The van der Waals surface area contributed by atoms with E-state index in [9.17, 15) is 8.78 Å². The Bertz CT molecular complexity index is 590. The fourth-order valence-electron chi connectivity index (χ4n) is 2.07. The Balaban J connectivity index is 2.25. The second-order valence-electron chi connectivity index (χ2n) is 4.43. The normalized spacial score (nSPS) is 12.4. The summed E-state index contributed by atoms with van der Waals surface area (Å²) >= 11 is 3.47. The minimum Gasteiger partial charge on any atom is -0.309 e. The van der Waals surface area contributed by atoms with Crippen molar-refractivity contribution in [3.05, 3.63) is 63.9 Å². The molecule has 106 valence electrons. The Morgan fingerprint density at radius 1 is 1.25 bits per heavy atom. The van der Waals surface area contributed by atoms with Crippen LogP contribution in [0.5, 0.6) is 0 Å². The van der Waals surface area contributed by atoms with Crippen molar-refractivity contribution in [2.24, 2.45) is 0 Å². The van der Waals surface area contributed by atoms with Crippen molar-refractivity contribution in [2.75, 3.05) is 6.54 Å². The van der Waals surface area contributed by atoms with Crippen LogP contribution in [-0.4, -0.2) is 11.5 Å². The molecule has 0 bridgehead atoms. The van der Waals surface area contributed by atoms with Crippen LogP contribution in [0.25, 0.3) is 0 Å². The van der Waals surface area contributed by atoms with E-state index in [0.29, 0.717) is 6.42 Å². The molecule has 0 saturated carbocycles. The summed E-state index contributed by atoms with van der Waals surface area (Å²) in [6.45, 7) is 2.76. The van der Waals surface area contributed by atoms with Gasteiger partial charge in [-0.25, -0.2) is 8.78 Å². The number of hydrogen-bond donors (Lipinski definition) is 1. The summed E-state index contributed by atoms with van der Waals surface area (Å²) in [4.78, 5) is 4.36. The van der Waals surface area contributed by atoms with Crippen LogP contribution in [0, 0.1) is 11.6 Å². The van der Waals surface area contributed by atoms with Crippen LogP contribution in [0.2, 0.25) is 0 Å². The summed E-state index contributed by atoms with van der Waals surface area (Å²) < 4.78 is 27.1. The van der Waals surface area contributed by atoms with Crippen molar-refractivity contribution < 1.29 is 8.78 Å². The van der Waals surface area contributed by atoms with E-state index in [-0.39, 0.29) is 6.04 Å². The number of rotatable bonds is 5. The van der Waals surface area contributed by atoms with Gasteiger partial charge in [0.25, 0.3) is 0 Å². The first kappa shape index (κ1) is 15.1. The van der Waals surface area contributed by atoms with Crippen LogP contribution in [0.4, 0.5) is 8.78 Å². The molecule has 1 atom stereocenters. The number of likely N-dealkylation sites (N-methyl/N-ethyl adjacent to an activating group) is 1. The van der Waals surface area contributed by atoms with E-state index in [1.165, 1.54) is 6.07 Å². The predicted molar refractivity (Wildman–Crippen MR) is 78.4 cm³/mol. The molecular weight excluding hydrogens is 326 g/mol. The molecule has 1 unspecified atom stereocenters. The molecule has 1 heterocycles. The highest BCUT2D eigenvalue weighted by atomic mass is 79.9. The third-order valence-corrected chi connectivity index (χ3v) is 3.66. The van der Waals surface area contributed by atoms with E-state index < -0.39 is 11.6 Å². The Morgan fingerprint density at radius 2 is 2.05 bits per heavy atom. The van der Waals surface area contributed by atoms with E-state index >= 15 is 0 Å². The Kier molecular flexibility index (Phi) is 5.20. The van der Waals surface area contributed by atoms with Crippen LogP contribution >= 0.6 is 15.9 Å². The Hall–Kier alpha value is -1.33. The van der Waals surface area contributed by atoms with Gasteiger partial charge >= 0.3 is 0 Å². The number of halogens is 3. The van der Waals surface area contributed by atoms with Gasteiger partial charge in [0.15, 0.2) is 11.6 Å². The summed E-state index contributed by atoms with van der Waals surface area (Å²) in [7, 11) is 0. The smallest absolute Gasteiger partial charge is 0.159 e. The molecule has 0 fully saturated rings. The van der Waals surface area contributed by atoms with Gasteiger partial charge in [0.1, 0.15) is 0 Å². The fourth-order valence-corrected chi connectivity index (χ4v) is 2.60. The molecule has 0 spiro atoms. The van der Waals surface area contributed by atoms with Crippen molar-refractivity contribution in [3.8, 4) is 0 Å². The van der Waals surface area contributed by atoms with Gasteiger partial charge in [0.2, 0.25) is 0 Å². The van der Waals surface area contributed by atoms with Crippen LogP contribution in [-0.2, 0) is 6.42 Å². The molecule has 5 heteroatoms. The molecule has 1 aromatic heterocycles. The number of benzene rings is 1. The second-order valence-corrected chi connectivity index (χ2v) is 5.29. The zero-order chi connectivity index (χ0) is 14.5. The van der Waals surface area contributed by atoms with Gasteiger partial charge in [-0.2, -0.15) is 0 Å². The van der Waals surface area contributed by atoms with Crippen molar-refractivity contribution in [1.82, 2.24) is 10.3 Å². The number of nitrogens with zero attached hydrogens (tertiary/aromatic N) is 1. The fraction of sp³-hybridized carbons (Fsp3) is 0.267. The van der Waals surface area contributed by atoms with Crippen molar-refractivity contribution in [2.45, 2.75) is 19.4 Å². The average Bonchev–Trinajstić information content (AvgIpc) is 2.43. The van der Waals surface area contributed by atoms with Crippen LogP contribution in [0.3, 0.4) is 0 Å². The largest absolute Gasteiger partial charge is 0.309 e. The second kappa shape index (κ2) is 6.90. The maximum Gasteiger partial charge on any atom is 0.159 e. The highest BCUT2D eigenvalue weighted by Crippen LogP contribution is 2.24. The minimum atomic E-state index is -0.826. The maximum absolute atomic E-state index is 13.3. The molecule has 0 aliphatic rings. The molecule has 1 N–H and O–H groups in total. The first-order valence-electron chi connectivity index (χ1n) is 6.39. The van der Waals surface area contributed by atoms with Gasteiger partial charge in [-0.05, 0) is 58.7 Å². The van der Waals surface area contributed by atoms with E-state index in [1.54, 1.807) is 12.3 Å². The lowest BCUT2D eigenvalue weighted by Gasteiger charge is -2.18. The molecule has 0 amide bonds. The summed E-state index contributed by atoms with van der Waals surface area (Å²) in [6, 6.07) is 7.68. The molecule has 0 radical (unpaired) electrons. The number of pyridine rings is 1. The van der Waals surface area contributed by atoms with Crippen LogP contribution in [0.1, 0.15) is 24.2 Å². The summed E-state index contributed by atoms with van der Waals surface area (Å²) in [5.41, 5.74) is 1.59. The van der Waals surface area contributed by atoms with Crippen molar-refractivity contribution in [1.29, 1.82) is 0 Å². The highest BCUT2D eigenvalue weighted by Gasteiger charge is 2.16. The molecule has 0 aliphatic heterocycles. The molecule has 0 aliphatic carbocycles. The predicted octanol–water partition coefficient (Wildman–Crippen LogP) is 4.02. The Morgan fingerprint density at radius 3 is 2.70 bits per heavy atom. The zero-order valence-corrected chi connectivity index (χ0v) is 12.6. The lowest BCUT2D eigenvalue weighted by Crippen LogP contribution is -2.24. The summed E-state index contributed by atoms with van der Waals surface area (Å²) in [6.07, 6.45) is 2.26. The molecule has 2 nitrogen and oxygen atoms in total. The maximum atomic E-state index is 13.3. The third kappa shape index (κ3) is 3.61. The molecular formula is C15H15BrF2N2.